The van der Waals surface area contributed by atoms with Crippen molar-refractivity contribution in [3.05, 3.63) is 131 Å². The molecule has 2 fully saturated rings. The van der Waals surface area contributed by atoms with Gasteiger partial charge in [-0.15, -0.1) is 0 Å². The van der Waals surface area contributed by atoms with Crippen LogP contribution in [0.4, 0.5) is 13.2 Å². The third-order valence-electron chi connectivity index (χ3n) is 7.56. The predicted molar refractivity (Wildman–Crippen MR) is 172 cm³/mol. The van der Waals surface area contributed by atoms with Crippen LogP contribution in [0.25, 0.3) is 0 Å². The third-order valence-corrected chi connectivity index (χ3v) is 8.67. The van der Waals surface area contributed by atoms with Gasteiger partial charge in [-0.2, -0.15) is 18.6 Å². The first-order valence-electron chi connectivity index (χ1n) is 15.3. The summed E-state index contributed by atoms with van der Waals surface area (Å²) in [5.41, 5.74) is 8.57. The lowest BCUT2D eigenvalue weighted by Crippen LogP contribution is -2.38. The zero-order valence-electron chi connectivity index (χ0n) is 25.4. The lowest BCUT2D eigenvalue weighted by Gasteiger charge is -2.22. The Morgan fingerprint density at radius 2 is 1.77 bits per heavy atom. The first-order valence-corrected chi connectivity index (χ1v) is 16.1. The van der Waals surface area contributed by atoms with E-state index < -0.39 is 18.0 Å². The molecular formula is C35H34F3N4O4S+. The van der Waals surface area contributed by atoms with Crippen molar-refractivity contribution >= 4 is 24.1 Å². The second kappa shape index (κ2) is 15.0. The number of ether oxygens (including phenoxy) is 2. The number of nitrogens with zero attached hydrogens (tertiary/aromatic N) is 2. The molecule has 47 heavy (non-hydrogen) atoms. The molecule has 1 amide bonds. The molecule has 0 saturated carbocycles. The average molecular weight is 664 g/mol. The SMILES string of the molecule is O=C(NOC1CCCCO1)c1cccc(C=[N+]2SC(c3cccc(Oc4cccc(C(F)(F)F)c4)c3)NN2CCc2ccccc2)c1. The Bertz CT molecular complexity index is 1700. The van der Waals surface area contributed by atoms with Gasteiger partial charge in [-0.05, 0) is 83.0 Å². The van der Waals surface area contributed by atoms with Crippen LogP contribution in [-0.2, 0) is 22.2 Å². The van der Waals surface area contributed by atoms with Crippen molar-refractivity contribution in [3.8, 4) is 11.5 Å². The topological polar surface area (TPSA) is 75.1 Å². The summed E-state index contributed by atoms with van der Waals surface area (Å²) in [6, 6.07) is 29.5. The summed E-state index contributed by atoms with van der Waals surface area (Å²) in [6.45, 7) is 1.25. The molecule has 6 rings (SSSR count). The van der Waals surface area contributed by atoms with Crippen LogP contribution in [0.5, 0.6) is 11.5 Å². The number of nitrogens with one attached hydrogen (secondary N) is 2. The van der Waals surface area contributed by atoms with Gasteiger partial charge >= 0.3 is 6.18 Å². The fourth-order valence-corrected chi connectivity index (χ4v) is 6.22. The number of carbonyl (C=O) groups is 1. The molecule has 244 valence electrons. The average Bonchev–Trinajstić information content (AvgIpc) is 3.49. The first kappa shape index (κ1) is 32.6. The Kier molecular flexibility index (Phi) is 10.4. The van der Waals surface area contributed by atoms with Gasteiger partial charge in [0.25, 0.3) is 5.91 Å². The third kappa shape index (κ3) is 8.92. The number of halogens is 3. The van der Waals surface area contributed by atoms with E-state index in [4.69, 9.17) is 14.3 Å². The molecule has 2 N–H and O–H groups in total. The molecule has 2 unspecified atom stereocenters. The zero-order chi connectivity index (χ0) is 32.6. The van der Waals surface area contributed by atoms with Gasteiger partial charge < -0.3 is 9.47 Å². The molecule has 0 aromatic heterocycles. The van der Waals surface area contributed by atoms with Crippen LogP contribution < -0.4 is 15.6 Å². The summed E-state index contributed by atoms with van der Waals surface area (Å²) in [5.74, 6) is 0.157. The summed E-state index contributed by atoms with van der Waals surface area (Å²) in [6.07, 6.45) is 0.501. The van der Waals surface area contributed by atoms with Crippen molar-refractivity contribution < 1.29 is 36.4 Å². The molecule has 2 aliphatic heterocycles. The Labute approximate surface area is 275 Å². The van der Waals surface area contributed by atoms with Gasteiger partial charge in [0.1, 0.15) is 11.5 Å². The number of hydrazine groups is 2. The largest absolute Gasteiger partial charge is 0.457 e. The highest BCUT2D eigenvalue weighted by atomic mass is 32.2. The number of hydrogen-bond acceptors (Lipinski definition) is 7. The molecule has 0 spiro atoms. The highest BCUT2D eigenvalue weighted by molar-refractivity contribution is 7.93. The van der Waals surface area contributed by atoms with Crippen LogP contribution >= 0.6 is 11.9 Å². The quantitative estimate of drug-likeness (QED) is 0.104. The highest BCUT2D eigenvalue weighted by Gasteiger charge is 2.37. The Hall–Kier alpha value is -4.36. The van der Waals surface area contributed by atoms with E-state index in [0.29, 0.717) is 24.5 Å². The van der Waals surface area contributed by atoms with Gasteiger partial charge in [-0.25, -0.2) is 10.3 Å². The molecule has 2 atom stereocenters. The predicted octanol–water partition coefficient (Wildman–Crippen LogP) is 7.44. The van der Waals surface area contributed by atoms with E-state index >= 15 is 0 Å². The van der Waals surface area contributed by atoms with Gasteiger partial charge in [0.15, 0.2) is 11.7 Å². The molecule has 4 aromatic rings. The Morgan fingerprint density at radius 1 is 0.979 bits per heavy atom. The summed E-state index contributed by atoms with van der Waals surface area (Å²) in [5, 5.41) is 1.77. The van der Waals surface area contributed by atoms with Crippen molar-refractivity contribution in [2.45, 2.75) is 43.5 Å². The second-order valence-corrected chi connectivity index (χ2v) is 12.1. The minimum Gasteiger partial charge on any atom is -0.457 e. The van der Waals surface area contributed by atoms with Gasteiger partial charge in [0.2, 0.25) is 18.2 Å². The first-order chi connectivity index (χ1) is 22.8. The molecule has 2 heterocycles. The molecular weight excluding hydrogens is 629 g/mol. The van der Waals surface area contributed by atoms with Crippen molar-refractivity contribution in [2.24, 2.45) is 0 Å². The Balaban J connectivity index is 1.19. The van der Waals surface area contributed by atoms with E-state index in [1.54, 1.807) is 18.2 Å². The summed E-state index contributed by atoms with van der Waals surface area (Å²) < 4.78 is 53.0. The van der Waals surface area contributed by atoms with E-state index in [1.807, 2.05) is 64.0 Å². The molecule has 2 saturated heterocycles. The van der Waals surface area contributed by atoms with Crippen molar-refractivity contribution in [1.82, 2.24) is 16.0 Å². The lowest BCUT2D eigenvalue weighted by atomic mass is 10.1. The van der Waals surface area contributed by atoms with Crippen LogP contribution in [0.2, 0.25) is 0 Å². The molecule has 0 bridgehead atoms. The van der Waals surface area contributed by atoms with Gasteiger partial charge in [0.05, 0.1) is 12.1 Å². The summed E-state index contributed by atoms with van der Waals surface area (Å²) >= 11 is 1.51. The number of rotatable bonds is 10. The minimum absolute atomic E-state index is 0.101. The van der Waals surface area contributed by atoms with E-state index in [9.17, 15) is 18.0 Å². The number of benzene rings is 4. The standard InChI is InChI=1S/C35H33F3N4O4S/c36-35(37,38)29-14-8-16-31(23-29)45-30-15-7-13-28(22-30)34-39-41(19-18-25-9-2-1-3-10-25)42(47-34)24-26-11-6-12-27(21-26)33(43)40-46-32-17-4-5-20-44-32/h1-3,6-16,21-24,32,34,39H,4-5,17-20H2/p+1. The maximum atomic E-state index is 13.2. The maximum Gasteiger partial charge on any atom is 0.416 e. The molecule has 4 aromatic carbocycles. The number of hydroxylamine groups is 1. The number of carbonyl (C=O) groups excluding carboxylic acids is 1. The van der Waals surface area contributed by atoms with Gasteiger partial charge in [-0.3, -0.25) is 4.79 Å². The smallest absolute Gasteiger partial charge is 0.416 e. The molecule has 8 nitrogen and oxygen atoms in total. The number of amides is 1. The fraction of sp³-hybridized carbons (Fsp3) is 0.257. The number of alkyl halides is 3. The summed E-state index contributed by atoms with van der Waals surface area (Å²) in [7, 11) is 0. The van der Waals surface area contributed by atoms with E-state index in [2.05, 4.69) is 23.0 Å². The van der Waals surface area contributed by atoms with Crippen LogP contribution in [0.1, 0.15) is 57.2 Å². The van der Waals surface area contributed by atoms with Crippen molar-refractivity contribution in [1.29, 1.82) is 0 Å². The summed E-state index contributed by atoms with van der Waals surface area (Å²) in [4.78, 5) is 18.3. The van der Waals surface area contributed by atoms with Crippen LogP contribution in [0.15, 0.2) is 103 Å². The molecule has 0 aliphatic carbocycles. The van der Waals surface area contributed by atoms with Gasteiger partial charge in [0, 0.05) is 24.2 Å². The monoisotopic (exact) mass is 663 g/mol. The van der Waals surface area contributed by atoms with E-state index in [-0.39, 0.29) is 17.0 Å². The van der Waals surface area contributed by atoms with E-state index in [1.165, 1.54) is 29.6 Å². The van der Waals surface area contributed by atoms with Crippen molar-refractivity contribution in [3.63, 3.8) is 0 Å². The number of hydrogen-bond donors (Lipinski definition) is 2. The highest BCUT2D eigenvalue weighted by Crippen LogP contribution is 2.37. The Morgan fingerprint density at radius 3 is 2.55 bits per heavy atom. The van der Waals surface area contributed by atoms with E-state index in [0.717, 1.165) is 48.9 Å². The normalized spacial score (nSPS) is 19.1. The fourth-order valence-electron chi connectivity index (χ4n) is 5.14. The minimum atomic E-state index is -4.46. The zero-order valence-corrected chi connectivity index (χ0v) is 26.2. The van der Waals surface area contributed by atoms with Crippen LogP contribution in [0.3, 0.4) is 0 Å². The molecule has 2 aliphatic rings. The van der Waals surface area contributed by atoms with Crippen LogP contribution in [0, 0.1) is 0 Å². The van der Waals surface area contributed by atoms with Gasteiger partial charge in [-0.1, -0.05) is 59.7 Å². The second-order valence-electron chi connectivity index (χ2n) is 11.1. The number of hydrazone groups is 1. The van der Waals surface area contributed by atoms with Crippen molar-refractivity contribution in [2.75, 3.05) is 13.2 Å². The lowest BCUT2D eigenvalue weighted by molar-refractivity contribution is -0.553. The maximum absolute atomic E-state index is 13.2. The van der Waals surface area contributed by atoms with Crippen LogP contribution in [-0.4, -0.2) is 40.8 Å². The molecule has 0 radical (unpaired) electrons. The molecule has 12 heteroatoms.